The van der Waals surface area contributed by atoms with Crippen molar-refractivity contribution in [1.82, 2.24) is 4.90 Å². The Kier molecular flexibility index (Phi) is 12.1. The van der Waals surface area contributed by atoms with Gasteiger partial charge in [0.15, 0.2) is 0 Å². The van der Waals surface area contributed by atoms with Crippen molar-refractivity contribution < 1.29 is 63.6 Å². The van der Waals surface area contributed by atoms with Crippen LogP contribution in [-0.4, -0.2) is 49.9 Å². The van der Waals surface area contributed by atoms with E-state index in [1.165, 1.54) is 32.0 Å². The van der Waals surface area contributed by atoms with E-state index in [2.05, 4.69) is 0 Å². The smallest absolute Gasteiger partial charge is 0.416 e. The van der Waals surface area contributed by atoms with Crippen molar-refractivity contribution in [3.05, 3.63) is 81.9 Å². The van der Waals surface area contributed by atoms with E-state index in [4.69, 9.17) is 19.3 Å². The monoisotopic (exact) mass is 695 g/mol. The van der Waals surface area contributed by atoms with Gasteiger partial charge in [-0.2, -0.15) is 39.5 Å². The number of rotatable bonds is 13. The van der Waals surface area contributed by atoms with Crippen LogP contribution in [0, 0.1) is 6.92 Å². The number of methoxy groups -OCH3 is 2. The maximum atomic E-state index is 13.9. The molecular weight excluding hydrogens is 661 g/mol. The number of likely N-dealkylation sites (N-methyl/N-ethyl adjacent to an activating group) is 1. The number of carbonyl (C=O) groups is 1. The molecule has 0 saturated carbocycles. The summed E-state index contributed by atoms with van der Waals surface area (Å²) in [6.45, 7) is 2.95. The van der Waals surface area contributed by atoms with E-state index in [1.54, 1.807) is 19.1 Å². The minimum absolute atomic E-state index is 0.00138. The molecule has 0 bridgehead atoms. The fraction of sp³-hybridized carbons (Fsp3) is 0.424. The second kappa shape index (κ2) is 15.1. The third kappa shape index (κ3) is 9.56. The van der Waals surface area contributed by atoms with Crippen LogP contribution in [0.25, 0.3) is 11.1 Å². The summed E-state index contributed by atoms with van der Waals surface area (Å²) in [5, 5.41) is 8.90. The van der Waals surface area contributed by atoms with Crippen molar-refractivity contribution in [2.75, 3.05) is 27.9 Å². The van der Waals surface area contributed by atoms with E-state index in [1.807, 2.05) is 0 Å². The quantitative estimate of drug-likeness (QED) is 0.142. The summed E-state index contributed by atoms with van der Waals surface area (Å²) in [5.41, 5.74) is -3.16. The molecule has 0 radical (unpaired) electrons. The molecule has 3 rings (SSSR count). The first-order valence-corrected chi connectivity index (χ1v) is 14.4. The number of benzene rings is 3. The minimum atomic E-state index is -5.09. The van der Waals surface area contributed by atoms with E-state index in [9.17, 15) is 44.3 Å². The molecule has 0 saturated heterocycles. The molecule has 0 aliphatic carbocycles. The molecule has 0 spiro atoms. The first kappa shape index (κ1) is 38.5. The molecule has 15 heteroatoms. The van der Waals surface area contributed by atoms with Gasteiger partial charge in [0, 0.05) is 31.7 Å². The van der Waals surface area contributed by atoms with Gasteiger partial charge in [-0.05, 0) is 92.0 Å². The van der Waals surface area contributed by atoms with E-state index in [-0.39, 0.29) is 48.9 Å². The highest BCUT2D eigenvalue weighted by Crippen LogP contribution is 2.42. The number of carboxylic acid groups (broad SMARTS) is 1. The van der Waals surface area contributed by atoms with Crippen LogP contribution in [0.1, 0.15) is 59.3 Å². The lowest BCUT2D eigenvalue weighted by molar-refractivity contribution is -0.143. The number of nitrogens with zero attached hydrogens (tertiary/aromatic N) is 1. The Morgan fingerprint density at radius 1 is 0.812 bits per heavy atom. The Labute approximate surface area is 271 Å². The highest BCUT2D eigenvalue weighted by atomic mass is 19.4. The Bertz CT molecular complexity index is 1550. The van der Waals surface area contributed by atoms with Crippen LogP contribution in [0.15, 0.2) is 48.5 Å². The first-order valence-electron chi connectivity index (χ1n) is 14.4. The van der Waals surface area contributed by atoms with Gasteiger partial charge in [-0.25, -0.2) is 0 Å². The molecule has 0 aromatic heterocycles. The van der Waals surface area contributed by atoms with Crippen LogP contribution in [0.3, 0.4) is 0 Å². The Hall–Kier alpha value is -3.98. The zero-order valence-electron chi connectivity index (χ0n) is 26.5. The van der Waals surface area contributed by atoms with Crippen molar-refractivity contribution in [3.63, 3.8) is 0 Å². The largest absolute Gasteiger partial charge is 0.496 e. The maximum absolute atomic E-state index is 13.9. The average Bonchev–Trinajstić information content (AvgIpc) is 2.98. The summed E-state index contributed by atoms with van der Waals surface area (Å²) < 4.78 is 140. The summed E-state index contributed by atoms with van der Waals surface area (Å²) in [5.74, 6) is -0.406. The predicted octanol–water partition coefficient (Wildman–Crippen LogP) is 9.18. The molecule has 3 aromatic rings. The lowest BCUT2D eigenvalue weighted by atomic mass is 9.93. The number of ether oxygens (including phenoxy) is 3. The average molecular weight is 696 g/mol. The van der Waals surface area contributed by atoms with E-state index < -0.39 is 58.9 Å². The van der Waals surface area contributed by atoms with Gasteiger partial charge in [0.05, 0.1) is 36.5 Å². The Morgan fingerprint density at radius 2 is 1.40 bits per heavy atom. The Morgan fingerprint density at radius 3 is 1.90 bits per heavy atom. The van der Waals surface area contributed by atoms with Gasteiger partial charge < -0.3 is 19.3 Å². The molecule has 0 fully saturated rings. The number of hydrogen-bond acceptors (Lipinski definition) is 5. The molecule has 48 heavy (non-hydrogen) atoms. The third-order valence-electron chi connectivity index (χ3n) is 7.76. The molecule has 3 aromatic carbocycles. The predicted molar refractivity (Wildman–Crippen MR) is 158 cm³/mol. The van der Waals surface area contributed by atoms with Crippen LogP contribution in [-0.2, 0) is 34.6 Å². The number of aryl methyl sites for hydroxylation is 1. The Balaban J connectivity index is 2.08. The molecule has 0 heterocycles. The zero-order chi connectivity index (χ0) is 36.2. The van der Waals surface area contributed by atoms with Gasteiger partial charge in [0.2, 0.25) is 0 Å². The van der Waals surface area contributed by atoms with Gasteiger partial charge in [-0.1, -0.05) is 6.07 Å². The fourth-order valence-corrected chi connectivity index (χ4v) is 5.16. The SMILES string of the molecule is COc1cc(C)c(OCCCC(=O)O)cc1-c1ccc(C(F)(F)F)cc1CN(C)C(C)C(OC)c1cc(C(F)(F)F)cc(C(F)(F)F)c1. The minimum Gasteiger partial charge on any atom is -0.496 e. The second-order valence-electron chi connectivity index (χ2n) is 11.2. The van der Waals surface area contributed by atoms with E-state index in [0.29, 0.717) is 29.0 Å². The maximum Gasteiger partial charge on any atom is 0.416 e. The van der Waals surface area contributed by atoms with Gasteiger partial charge in [0.1, 0.15) is 11.5 Å². The zero-order valence-corrected chi connectivity index (χ0v) is 26.5. The molecule has 2 atom stereocenters. The van der Waals surface area contributed by atoms with Crippen LogP contribution < -0.4 is 9.47 Å². The van der Waals surface area contributed by atoms with E-state index in [0.717, 1.165) is 19.2 Å². The normalized spacial score (nSPS) is 13.8. The standard InChI is InChI=1S/C33H34F9NO5/c1-18-11-28(46-4)26(16-27(18)48-10-6-7-29(44)45)25-9-8-22(31(34,35)36)14-21(25)17-43(3)19(2)30(47-5)20-12-23(32(37,38)39)15-24(13-20)33(40,41)42/h8-9,11-16,19,30H,6-7,10,17H2,1-5H3,(H,44,45). The van der Waals surface area contributed by atoms with Crippen molar-refractivity contribution in [1.29, 1.82) is 0 Å². The van der Waals surface area contributed by atoms with Gasteiger partial charge in [-0.15, -0.1) is 0 Å². The third-order valence-corrected chi connectivity index (χ3v) is 7.76. The molecule has 1 N–H and O–H groups in total. The van der Waals surface area contributed by atoms with Crippen LogP contribution >= 0.6 is 0 Å². The number of alkyl halides is 9. The molecule has 0 aliphatic heterocycles. The summed E-state index contributed by atoms with van der Waals surface area (Å²) in [7, 11) is 3.91. The summed E-state index contributed by atoms with van der Waals surface area (Å²) in [4.78, 5) is 12.3. The molecule has 0 amide bonds. The number of hydrogen-bond donors (Lipinski definition) is 1. The van der Waals surface area contributed by atoms with Crippen molar-refractivity contribution >= 4 is 5.97 Å². The first-order chi connectivity index (χ1) is 22.2. The van der Waals surface area contributed by atoms with Crippen LogP contribution in [0.2, 0.25) is 0 Å². The molecule has 264 valence electrons. The highest BCUT2D eigenvalue weighted by Gasteiger charge is 2.39. The molecule has 2 unspecified atom stereocenters. The summed E-state index contributed by atoms with van der Waals surface area (Å²) in [6.07, 6.45) is -16.2. The molecular formula is C33H34F9NO5. The number of carboxylic acids is 1. The molecule has 0 aliphatic rings. The number of aliphatic carboxylic acids is 1. The topological polar surface area (TPSA) is 68.2 Å². The molecule has 6 nitrogen and oxygen atoms in total. The van der Waals surface area contributed by atoms with E-state index >= 15 is 0 Å². The lowest BCUT2D eigenvalue weighted by Crippen LogP contribution is -2.35. The lowest BCUT2D eigenvalue weighted by Gasteiger charge is -2.33. The van der Waals surface area contributed by atoms with Gasteiger partial charge in [-0.3, -0.25) is 9.69 Å². The van der Waals surface area contributed by atoms with Crippen LogP contribution in [0.5, 0.6) is 11.5 Å². The van der Waals surface area contributed by atoms with Crippen molar-refractivity contribution in [2.45, 2.75) is 63.9 Å². The highest BCUT2D eigenvalue weighted by molar-refractivity contribution is 5.76. The fourth-order valence-electron chi connectivity index (χ4n) is 5.16. The van der Waals surface area contributed by atoms with Gasteiger partial charge >= 0.3 is 24.5 Å². The van der Waals surface area contributed by atoms with Crippen molar-refractivity contribution in [3.8, 4) is 22.6 Å². The number of halogens is 9. The van der Waals surface area contributed by atoms with Crippen molar-refractivity contribution in [2.24, 2.45) is 0 Å². The van der Waals surface area contributed by atoms with Crippen LogP contribution in [0.4, 0.5) is 39.5 Å². The summed E-state index contributed by atoms with van der Waals surface area (Å²) >= 11 is 0. The summed E-state index contributed by atoms with van der Waals surface area (Å²) in [6, 6.07) is 6.30. The van der Waals surface area contributed by atoms with Gasteiger partial charge in [0.25, 0.3) is 0 Å². The second-order valence-corrected chi connectivity index (χ2v) is 11.2.